The van der Waals surface area contributed by atoms with Crippen LogP contribution in [0, 0.1) is 38.0 Å². The van der Waals surface area contributed by atoms with E-state index in [1.54, 1.807) is 7.11 Å². The van der Waals surface area contributed by atoms with Crippen molar-refractivity contribution in [2.75, 3.05) is 7.11 Å². The summed E-state index contributed by atoms with van der Waals surface area (Å²) in [4.78, 5) is 0. The van der Waals surface area contributed by atoms with Crippen LogP contribution in [-0.2, 0) is 4.74 Å². The quantitative estimate of drug-likeness (QED) is 0.745. The lowest BCUT2D eigenvalue weighted by molar-refractivity contribution is 0.0339. The maximum atomic E-state index is 9.95. The highest BCUT2D eigenvalue weighted by atomic mass is 16.5. The number of ether oxygens (including phenoxy) is 2. The first-order chi connectivity index (χ1) is 13.9. The van der Waals surface area contributed by atoms with E-state index in [0.717, 1.165) is 28.0 Å². The van der Waals surface area contributed by atoms with Crippen molar-refractivity contribution in [3.05, 3.63) is 75.7 Å². The largest absolute Gasteiger partial charge is 0.497 e. The average molecular weight is 390 g/mol. The molecule has 1 fully saturated rings. The van der Waals surface area contributed by atoms with Gasteiger partial charge in [0.15, 0.2) is 6.23 Å². The Balaban J connectivity index is 1.85. The van der Waals surface area contributed by atoms with E-state index in [1.807, 2.05) is 24.3 Å². The number of rotatable bonds is 3. The number of allylic oxidation sites excluding steroid dienone is 1. The van der Waals surface area contributed by atoms with Crippen molar-refractivity contribution in [2.24, 2.45) is 11.7 Å². The minimum absolute atomic E-state index is 0.0366. The molecule has 150 valence electrons. The van der Waals surface area contributed by atoms with Gasteiger partial charge in [0.1, 0.15) is 11.8 Å². The molecule has 2 aromatic rings. The van der Waals surface area contributed by atoms with E-state index in [4.69, 9.17) is 15.2 Å². The first-order valence-corrected chi connectivity index (χ1v) is 9.73. The maximum Gasteiger partial charge on any atom is 0.200 e. The standard InChI is InChI=1S/C23H26N4O2/c1-12-9-13(2)18(14(3)10-12)19-17(11-24)22(25)29-23-20(19)21(26-27-23)15-5-7-16(28-4)8-6-15/h5-10,19-21,23,26-27H,25H2,1-4H3. The first kappa shape index (κ1) is 19.3. The van der Waals surface area contributed by atoms with E-state index < -0.39 is 0 Å². The molecule has 2 aliphatic rings. The van der Waals surface area contributed by atoms with Crippen LogP contribution in [0.15, 0.2) is 47.9 Å². The molecule has 0 radical (unpaired) electrons. The summed E-state index contributed by atoms with van der Waals surface area (Å²) in [5.74, 6) is 0.794. The van der Waals surface area contributed by atoms with Crippen LogP contribution in [0.1, 0.15) is 39.8 Å². The van der Waals surface area contributed by atoms with Crippen molar-refractivity contribution in [1.82, 2.24) is 10.9 Å². The number of nitrogens with two attached hydrogens (primary N) is 1. The van der Waals surface area contributed by atoms with E-state index in [2.05, 4.69) is 49.8 Å². The molecule has 0 saturated carbocycles. The van der Waals surface area contributed by atoms with Gasteiger partial charge in [-0.05, 0) is 55.2 Å². The first-order valence-electron chi connectivity index (χ1n) is 9.73. The van der Waals surface area contributed by atoms with Gasteiger partial charge >= 0.3 is 0 Å². The van der Waals surface area contributed by atoms with E-state index in [0.29, 0.717) is 5.57 Å². The molecule has 4 rings (SSSR count). The zero-order valence-corrected chi connectivity index (χ0v) is 17.1. The predicted molar refractivity (Wildman–Crippen MR) is 111 cm³/mol. The SMILES string of the molecule is COc1ccc(C2NNC3OC(N)=C(C#N)C(c4c(C)cc(C)cc4C)C32)cc1. The summed E-state index contributed by atoms with van der Waals surface area (Å²) in [6.45, 7) is 6.29. The Labute approximate surface area is 171 Å². The van der Waals surface area contributed by atoms with Gasteiger partial charge in [0, 0.05) is 11.8 Å². The Morgan fingerprint density at radius 3 is 2.31 bits per heavy atom. The summed E-state index contributed by atoms with van der Waals surface area (Å²) in [7, 11) is 1.65. The van der Waals surface area contributed by atoms with Gasteiger partial charge in [-0.15, -0.1) is 0 Å². The number of fused-ring (bicyclic) bond motifs is 1. The fraction of sp³-hybridized carbons (Fsp3) is 0.348. The number of nitrogens with one attached hydrogen (secondary N) is 2. The van der Waals surface area contributed by atoms with Gasteiger partial charge in [-0.25, -0.2) is 10.9 Å². The third-order valence-electron chi connectivity index (χ3n) is 5.98. The number of nitrogens with zero attached hydrogens (tertiary/aromatic N) is 1. The lowest BCUT2D eigenvalue weighted by Gasteiger charge is -2.37. The van der Waals surface area contributed by atoms with Crippen LogP contribution in [0.3, 0.4) is 0 Å². The minimum atomic E-state index is -0.329. The number of hydrogen-bond donors (Lipinski definition) is 3. The fourth-order valence-corrected chi connectivity index (χ4v) is 4.82. The second kappa shape index (κ2) is 7.43. The average Bonchev–Trinajstić information content (AvgIpc) is 3.10. The van der Waals surface area contributed by atoms with E-state index in [1.165, 1.54) is 5.56 Å². The molecule has 6 heteroatoms. The Morgan fingerprint density at radius 2 is 1.72 bits per heavy atom. The minimum Gasteiger partial charge on any atom is -0.497 e. The van der Waals surface area contributed by atoms with Crippen molar-refractivity contribution in [3.8, 4) is 11.8 Å². The highest BCUT2D eigenvalue weighted by Gasteiger charge is 2.49. The van der Waals surface area contributed by atoms with E-state index in [9.17, 15) is 5.26 Å². The van der Waals surface area contributed by atoms with Gasteiger partial charge in [0.2, 0.25) is 5.88 Å². The topological polar surface area (TPSA) is 92.3 Å². The second-order valence-electron chi connectivity index (χ2n) is 7.84. The number of hydrogen-bond acceptors (Lipinski definition) is 6. The second-order valence-corrected chi connectivity index (χ2v) is 7.84. The molecule has 0 aromatic heterocycles. The van der Waals surface area contributed by atoms with Gasteiger partial charge in [-0.3, -0.25) is 0 Å². The molecule has 4 N–H and O–H groups in total. The summed E-state index contributed by atoms with van der Waals surface area (Å²) in [6, 6.07) is 14.6. The number of hydrazine groups is 1. The summed E-state index contributed by atoms with van der Waals surface area (Å²) in [6.07, 6.45) is -0.329. The predicted octanol–water partition coefficient (Wildman–Crippen LogP) is 3.22. The van der Waals surface area contributed by atoms with Crippen LogP contribution < -0.4 is 21.3 Å². The van der Waals surface area contributed by atoms with Crippen LogP contribution in [0.2, 0.25) is 0 Å². The maximum absolute atomic E-state index is 9.95. The molecular formula is C23H26N4O2. The molecule has 29 heavy (non-hydrogen) atoms. The molecule has 1 saturated heterocycles. The van der Waals surface area contributed by atoms with Gasteiger partial charge < -0.3 is 15.2 Å². The highest BCUT2D eigenvalue weighted by molar-refractivity contribution is 5.49. The molecule has 6 nitrogen and oxygen atoms in total. The third kappa shape index (κ3) is 3.23. The molecule has 4 atom stereocenters. The zero-order valence-electron chi connectivity index (χ0n) is 17.1. The van der Waals surface area contributed by atoms with Crippen LogP contribution in [-0.4, -0.2) is 13.3 Å². The third-order valence-corrected chi connectivity index (χ3v) is 5.98. The van der Waals surface area contributed by atoms with Crippen molar-refractivity contribution in [3.63, 3.8) is 0 Å². The van der Waals surface area contributed by atoms with Crippen molar-refractivity contribution >= 4 is 0 Å². The Morgan fingerprint density at radius 1 is 1.07 bits per heavy atom. The summed E-state index contributed by atoms with van der Waals surface area (Å²) in [5, 5.41) is 9.95. The summed E-state index contributed by atoms with van der Waals surface area (Å²) >= 11 is 0. The van der Waals surface area contributed by atoms with Crippen LogP contribution in [0.25, 0.3) is 0 Å². The summed E-state index contributed by atoms with van der Waals surface area (Å²) < 4.78 is 11.2. The van der Waals surface area contributed by atoms with Crippen LogP contribution in [0.4, 0.5) is 0 Å². The zero-order chi connectivity index (χ0) is 20.7. The monoisotopic (exact) mass is 390 g/mol. The van der Waals surface area contributed by atoms with Gasteiger partial charge in [0.05, 0.1) is 18.7 Å². The Kier molecular flexibility index (Phi) is 4.95. The summed E-state index contributed by atoms with van der Waals surface area (Å²) in [5.41, 5.74) is 19.0. The molecule has 2 heterocycles. The smallest absolute Gasteiger partial charge is 0.200 e. The van der Waals surface area contributed by atoms with E-state index >= 15 is 0 Å². The van der Waals surface area contributed by atoms with Crippen LogP contribution in [0.5, 0.6) is 5.75 Å². The van der Waals surface area contributed by atoms with Crippen molar-refractivity contribution in [1.29, 1.82) is 5.26 Å². The number of nitriles is 1. The lowest BCUT2D eigenvalue weighted by atomic mass is 9.71. The molecule has 0 amide bonds. The molecule has 2 aromatic carbocycles. The molecule has 0 aliphatic carbocycles. The molecular weight excluding hydrogens is 364 g/mol. The normalized spacial score (nSPS) is 25.9. The number of methoxy groups -OCH3 is 1. The van der Waals surface area contributed by atoms with Crippen molar-refractivity contribution < 1.29 is 9.47 Å². The molecule has 0 spiro atoms. The fourth-order valence-electron chi connectivity index (χ4n) is 4.82. The molecule has 2 aliphatic heterocycles. The van der Waals surface area contributed by atoms with Gasteiger partial charge in [-0.1, -0.05) is 29.8 Å². The van der Waals surface area contributed by atoms with Crippen molar-refractivity contribution in [2.45, 2.75) is 39.0 Å². The number of aryl methyl sites for hydroxylation is 3. The lowest BCUT2D eigenvalue weighted by Crippen LogP contribution is -2.41. The molecule has 4 unspecified atom stereocenters. The number of benzene rings is 2. The molecule has 0 bridgehead atoms. The van der Waals surface area contributed by atoms with Gasteiger partial charge in [-0.2, -0.15) is 5.26 Å². The Bertz CT molecular complexity index is 984. The van der Waals surface area contributed by atoms with E-state index in [-0.39, 0.29) is 30.0 Å². The Hall–Kier alpha value is -3.01. The van der Waals surface area contributed by atoms with Crippen LogP contribution >= 0.6 is 0 Å². The highest BCUT2D eigenvalue weighted by Crippen LogP contribution is 2.49. The van der Waals surface area contributed by atoms with Gasteiger partial charge in [0.25, 0.3) is 0 Å².